The zero-order valence-electron chi connectivity index (χ0n) is 8.93. The first kappa shape index (κ1) is 14.2. The van der Waals surface area contributed by atoms with Crippen LogP contribution in [0, 0.1) is 0 Å². The molecule has 92 valence electrons. The molecule has 0 aromatic carbocycles. The Morgan fingerprint density at radius 1 is 1.31 bits per heavy atom. The van der Waals surface area contributed by atoms with Crippen LogP contribution in [0.4, 0.5) is 4.79 Å². The first-order valence-electron chi connectivity index (χ1n) is 4.85. The fraction of sp³-hybridized carbons (Fsp3) is 0.667. The van der Waals surface area contributed by atoms with Gasteiger partial charge < -0.3 is 20.3 Å². The molecule has 1 amide bonds. The van der Waals surface area contributed by atoms with Crippen molar-refractivity contribution in [2.75, 3.05) is 6.61 Å². The predicted molar refractivity (Wildman–Crippen MR) is 53.1 cm³/mol. The monoisotopic (exact) mass is 233 g/mol. The van der Waals surface area contributed by atoms with Crippen LogP contribution in [0.25, 0.3) is 0 Å². The average Bonchev–Trinajstić information content (AvgIpc) is 2.15. The van der Waals surface area contributed by atoms with Gasteiger partial charge in [-0.05, 0) is 19.8 Å². The second kappa shape index (κ2) is 7.49. The Balaban J connectivity index is 4.02. The maximum Gasteiger partial charge on any atom is 0.407 e. The van der Waals surface area contributed by atoms with Gasteiger partial charge in [-0.2, -0.15) is 0 Å². The minimum absolute atomic E-state index is 0.0560. The number of carboxylic acids is 2. The molecule has 16 heavy (non-hydrogen) atoms. The molecule has 0 aromatic rings. The molecule has 0 aliphatic heterocycles. The molecule has 0 aromatic heterocycles. The lowest BCUT2D eigenvalue weighted by molar-refractivity contribution is -0.141. The fourth-order valence-electron chi connectivity index (χ4n) is 1.03. The van der Waals surface area contributed by atoms with E-state index in [1.165, 1.54) is 0 Å². The number of aliphatic carboxylic acids is 2. The zero-order chi connectivity index (χ0) is 12.6. The van der Waals surface area contributed by atoms with Gasteiger partial charge in [-0.3, -0.25) is 4.79 Å². The maximum atomic E-state index is 10.9. The summed E-state index contributed by atoms with van der Waals surface area (Å²) in [5, 5.41) is 19.2. The van der Waals surface area contributed by atoms with E-state index in [1.54, 1.807) is 6.92 Å². The molecule has 0 heterocycles. The van der Waals surface area contributed by atoms with Crippen LogP contribution in [0.5, 0.6) is 0 Å². The summed E-state index contributed by atoms with van der Waals surface area (Å²) in [5.74, 6) is -2.21. The molecule has 3 N–H and O–H groups in total. The standard InChI is InChI=1S/C9H15NO6/c1-2-16-9(15)10-6(8(13)14)4-3-5-7(11)12/h6H,2-5H2,1H3,(H,10,15)(H,11,12)(H,13,14)/t6-/m1/s1. The molecule has 1 atom stereocenters. The fourth-order valence-corrected chi connectivity index (χ4v) is 1.03. The number of hydrogen-bond acceptors (Lipinski definition) is 4. The summed E-state index contributed by atoms with van der Waals surface area (Å²) in [4.78, 5) is 31.9. The highest BCUT2D eigenvalue weighted by Crippen LogP contribution is 2.02. The van der Waals surface area contributed by atoms with Crippen molar-refractivity contribution in [2.24, 2.45) is 0 Å². The van der Waals surface area contributed by atoms with Gasteiger partial charge in [0.1, 0.15) is 6.04 Å². The van der Waals surface area contributed by atoms with Crippen molar-refractivity contribution in [3.63, 3.8) is 0 Å². The smallest absolute Gasteiger partial charge is 0.407 e. The van der Waals surface area contributed by atoms with Gasteiger partial charge in [-0.25, -0.2) is 9.59 Å². The molecule has 0 bridgehead atoms. The van der Waals surface area contributed by atoms with E-state index in [0.29, 0.717) is 0 Å². The van der Waals surface area contributed by atoms with Crippen molar-refractivity contribution in [3.8, 4) is 0 Å². The van der Waals surface area contributed by atoms with Crippen molar-refractivity contribution >= 4 is 18.0 Å². The van der Waals surface area contributed by atoms with Crippen LogP contribution in [0.2, 0.25) is 0 Å². The Hall–Kier alpha value is -1.79. The van der Waals surface area contributed by atoms with Gasteiger partial charge in [0, 0.05) is 6.42 Å². The number of alkyl carbamates (subject to hydrolysis) is 1. The quantitative estimate of drug-likeness (QED) is 0.588. The highest BCUT2D eigenvalue weighted by molar-refractivity contribution is 5.79. The van der Waals surface area contributed by atoms with E-state index in [0.717, 1.165) is 0 Å². The third-order valence-corrected chi connectivity index (χ3v) is 1.75. The second-order valence-corrected chi connectivity index (χ2v) is 3.04. The summed E-state index contributed by atoms with van der Waals surface area (Å²) in [5.41, 5.74) is 0. The van der Waals surface area contributed by atoms with E-state index in [1.807, 2.05) is 0 Å². The van der Waals surface area contributed by atoms with Crippen LogP contribution in [0.1, 0.15) is 26.2 Å². The molecule has 0 radical (unpaired) electrons. The van der Waals surface area contributed by atoms with Crippen molar-refractivity contribution in [1.82, 2.24) is 5.32 Å². The summed E-state index contributed by atoms with van der Waals surface area (Å²) in [7, 11) is 0. The van der Waals surface area contributed by atoms with Crippen LogP contribution >= 0.6 is 0 Å². The van der Waals surface area contributed by atoms with Crippen molar-refractivity contribution in [2.45, 2.75) is 32.2 Å². The number of nitrogens with one attached hydrogen (secondary N) is 1. The lowest BCUT2D eigenvalue weighted by atomic mass is 10.1. The number of amides is 1. The van der Waals surface area contributed by atoms with Crippen LogP contribution in [0.3, 0.4) is 0 Å². The molecule has 0 saturated carbocycles. The Kier molecular flexibility index (Phi) is 6.66. The SMILES string of the molecule is CCOC(=O)N[C@H](CCCC(=O)O)C(=O)O. The molecule has 0 aliphatic rings. The summed E-state index contributed by atoms with van der Waals surface area (Å²) >= 11 is 0. The van der Waals surface area contributed by atoms with Gasteiger partial charge in [0.05, 0.1) is 6.61 Å². The zero-order valence-corrected chi connectivity index (χ0v) is 8.93. The van der Waals surface area contributed by atoms with Crippen LogP contribution in [-0.4, -0.2) is 40.9 Å². The number of carbonyl (C=O) groups excluding carboxylic acids is 1. The second-order valence-electron chi connectivity index (χ2n) is 3.04. The molecular formula is C9H15NO6. The third-order valence-electron chi connectivity index (χ3n) is 1.75. The van der Waals surface area contributed by atoms with Crippen LogP contribution < -0.4 is 5.32 Å². The van der Waals surface area contributed by atoms with Gasteiger partial charge in [0.25, 0.3) is 0 Å². The number of ether oxygens (including phenoxy) is 1. The average molecular weight is 233 g/mol. The molecule has 0 saturated heterocycles. The van der Waals surface area contributed by atoms with Gasteiger partial charge in [-0.1, -0.05) is 0 Å². The normalized spacial score (nSPS) is 11.6. The van der Waals surface area contributed by atoms with Gasteiger partial charge in [0.15, 0.2) is 0 Å². The maximum absolute atomic E-state index is 10.9. The summed E-state index contributed by atoms with van der Waals surface area (Å²) in [6.45, 7) is 1.74. The molecular weight excluding hydrogens is 218 g/mol. The Labute approximate surface area is 92.4 Å². The number of rotatable bonds is 7. The first-order valence-corrected chi connectivity index (χ1v) is 4.85. The first-order chi connectivity index (χ1) is 7.47. The van der Waals surface area contributed by atoms with E-state index in [2.05, 4.69) is 10.1 Å². The lowest BCUT2D eigenvalue weighted by Crippen LogP contribution is -2.41. The lowest BCUT2D eigenvalue weighted by Gasteiger charge is -2.13. The molecule has 0 spiro atoms. The van der Waals surface area contributed by atoms with Crippen LogP contribution in [-0.2, 0) is 14.3 Å². The summed E-state index contributed by atoms with van der Waals surface area (Å²) < 4.78 is 4.52. The van der Waals surface area contributed by atoms with Crippen LogP contribution in [0.15, 0.2) is 0 Å². The highest BCUT2D eigenvalue weighted by atomic mass is 16.5. The predicted octanol–water partition coefficient (Wildman–Crippen LogP) is 0.441. The molecule has 0 aliphatic carbocycles. The van der Waals surface area contributed by atoms with Crippen molar-refractivity contribution in [3.05, 3.63) is 0 Å². The van der Waals surface area contributed by atoms with E-state index < -0.39 is 24.1 Å². The highest BCUT2D eigenvalue weighted by Gasteiger charge is 2.20. The summed E-state index contributed by atoms with van der Waals surface area (Å²) in [6, 6.07) is -1.11. The van der Waals surface area contributed by atoms with E-state index in [4.69, 9.17) is 10.2 Å². The molecule has 0 unspecified atom stereocenters. The Morgan fingerprint density at radius 2 is 1.94 bits per heavy atom. The number of carboxylic acid groups (broad SMARTS) is 2. The minimum atomic E-state index is -1.21. The molecule has 7 heteroatoms. The number of carbonyl (C=O) groups is 3. The molecule has 0 rings (SSSR count). The van der Waals surface area contributed by atoms with Gasteiger partial charge >= 0.3 is 18.0 Å². The largest absolute Gasteiger partial charge is 0.481 e. The van der Waals surface area contributed by atoms with Crippen molar-refractivity contribution in [1.29, 1.82) is 0 Å². The van der Waals surface area contributed by atoms with E-state index >= 15 is 0 Å². The Bertz CT molecular complexity index is 265. The van der Waals surface area contributed by atoms with Gasteiger partial charge in [-0.15, -0.1) is 0 Å². The third kappa shape index (κ3) is 6.63. The molecule has 0 fully saturated rings. The Morgan fingerprint density at radius 3 is 2.38 bits per heavy atom. The van der Waals surface area contributed by atoms with E-state index in [9.17, 15) is 14.4 Å². The topological polar surface area (TPSA) is 113 Å². The van der Waals surface area contributed by atoms with E-state index in [-0.39, 0.29) is 25.9 Å². The number of hydrogen-bond donors (Lipinski definition) is 3. The summed E-state index contributed by atoms with van der Waals surface area (Å²) in [6.07, 6.45) is -0.710. The molecule has 7 nitrogen and oxygen atoms in total. The van der Waals surface area contributed by atoms with Crippen molar-refractivity contribution < 1.29 is 29.3 Å². The minimum Gasteiger partial charge on any atom is -0.481 e. The van der Waals surface area contributed by atoms with Gasteiger partial charge in [0.2, 0.25) is 0 Å².